The van der Waals surface area contributed by atoms with Gasteiger partial charge >= 0.3 is 0 Å². The fourth-order valence-corrected chi connectivity index (χ4v) is 9.50. The number of fused-ring (bicyclic) bond motifs is 2. The molecule has 0 bridgehead atoms. The van der Waals surface area contributed by atoms with Crippen molar-refractivity contribution >= 4 is 47.1 Å². The molecule has 4 nitrogen and oxygen atoms in total. The van der Waals surface area contributed by atoms with Crippen LogP contribution < -0.4 is 0 Å². The Morgan fingerprint density at radius 3 is 1.80 bits per heavy atom. The minimum atomic E-state index is -3.88. The Balaban J connectivity index is 1.73. The van der Waals surface area contributed by atoms with Gasteiger partial charge in [0.15, 0.2) is 0 Å². The summed E-state index contributed by atoms with van der Waals surface area (Å²) in [5.74, 6) is 0. The molecular formula is C28H20O4S3. The van der Waals surface area contributed by atoms with Crippen LogP contribution in [0, 0.1) is 6.92 Å². The molecule has 0 aliphatic carbocycles. The summed E-state index contributed by atoms with van der Waals surface area (Å²) in [5, 5.41) is 0. The first-order valence-corrected chi connectivity index (χ1v) is 14.8. The minimum absolute atomic E-state index is 0.175. The van der Waals surface area contributed by atoms with Crippen LogP contribution in [-0.2, 0) is 19.7 Å². The van der Waals surface area contributed by atoms with Crippen LogP contribution in [0.15, 0.2) is 99.6 Å². The predicted octanol–water partition coefficient (Wildman–Crippen LogP) is 6.60. The molecule has 4 aromatic rings. The maximum atomic E-state index is 14.0. The van der Waals surface area contributed by atoms with Gasteiger partial charge in [-0.05, 0) is 37.6 Å². The van der Waals surface area contributed by atoms with E-state index in [0.717, 1.165) is 15.3 Å². The molecule has 0 spiro atoms. The Labute approximate surface area is 208 Å². The van der Waals surface area contributed by atoms with E-state index >= 15 is 0 Å². The highest BCUT2D eigenvalue weighted by Gasteiger charge is 2.43. The number of hydrogen-bond donors (Lipinski definition) is 0. The summed E-state index contributed by atoms with van der Waals surface area (Å²) in [5.41, 5.74) is 3.63. The van der Waals surface area contributed by atoms with Gasteiger partial charge in [0.2, 0.25) is 19.7 Å². The largest absolute Gasteiger partial charge is 0.219 e. The number of aryl methyl sites for hydroxylation is 1. The number of benzene rings is 3. The van der Waals surface area contributed by atoms with Crippen molar-refractivity contribution in [1.29, 1.82) is 0 Å². The number of rotatable bonds is 3. The van der Waals surface area contributed by atoms with Gasteiger partial charge in [0.1, 0.15) is 0 Å². The van der Waals surface area contributed by atoms with Crippen molar-refractivity contribution in [3.8, 4) is 10.4 Å². The SMILES string of the molecule is CC1=C(C2=C(c3cc(-c4ccccc4)sc3C)S(=O)(=O)c3ccccc32)c2ccccc2S1(=O)=O. The third kappa shape index (κ3) is 3.08. The van der Waals surface area contributed by atoms with E-state index in [1.54, 1.807) is 55.5 Å². The number of hydrogen-bond acceptors (Lipinski definition) is 5. The zero-order valence-corrected chi connectivity index (χ0v) is 21.4. The lowest BCUT2D eigenvalue weighted by Gasteiger charge is -2.11. The van der Waals surface area contributed by atoms with Gasteiger partial charge in [0.25, 0.3) is 0 Å². The number of sulfone groups is 2. The second kappa shape index (κ2) is 7.62. The summed E-state index contributed by atoms with van der Waals surface area (Å²) in [6.07, 6.45) is 0. The summed E-state index contributed by atoms with van der Waals surface area (Å²) in [4.78, 5) is 2.60. The van der Waals surface area contributed by atoms with E-state index in [1.165, 1.54) is 11.3 Å². The molecule has 3 aromatic carbocycles. The third-order valence-corrected chi connectivity index (χ3v) is 11.6. The van der Waals surface area contributed by atoms with Crippen molar-refractivity contribution in [3.63, 3.8) is 0 Å². The van der Waals surface area contributed by atoms with Gasteiger partial charge in [-0.1, -0.05) is 66.7 Å². The Morgan fingerprint density at radius 1 is 0.600 bits per heavy atom. The molecule has 0 atom stereocenters. The first kappa shape index (κ1) is 22.2. The molecule has 0 saturated carbocycles. The predicted molar refractivity (Wildman–Crippen MR) is 141 cm³/mol. The van der Waals surface area contributed by atoms with Gasteiger partial charge in [-0.2, -0.15) is 0 Å². The highest BCUT2D eigenvalue weighted by molar-refractivity contribution is 8.01. The zero-order chi connectivity index (χ0) is 24.5. The number of thiophene rings is 1. The molecule has 2 aliphatic rings. The van der Waals surface area contributed by atoms with Gasteiger partial charge in [-0.25, -0.2) is 16.8 Å². The molecule has 2 aliphatic heterocycles. The third-order valence-electron chi connectivity index (χ3n) is 6.61. The van der Waals surface area contributed by atoms with Gasteiger partial charge < -0.3 is 0 Å². The van der Waals surface area contributed by atoms with Crippen LogP contribution in [0.25, 0.3) is 26.5 Å². The molecule has 0 N–H and O–H groups in total. The van der Waals surface area contributed by atoms with E-state index in [1.807, 2.05) is 43.3 Å². The van der Waals surface area contributed by atoms with Crippen LogP contribution in [0.1, 0.15) is 28.5 Å². The average Bonchev–Trinajstić information content (AvgIpc) is 3.41. The second-order valence-electron chi connectivity index (χ2n) is 8.58. The van der Waals surface area contributed by atoms with Gasteiger partial charge in [-0.3, -0.25) is 0 Å². The summed E-state index contributed by atoms with van der Waals surface area (Å²) in [6, 6.07) is 25.4. The van der Waals surface area contributed by atoms with Gasteiger partial charge in [0.05, 0.1) is 19.6 Å². The van der Waals surface area contributed by atoms with E-state index < -0.39 is 19.7 Å². The van der Waals surface area contributed by atoms with E-state index in [4.69, 9.17) is 0 Å². The van der Waals surface area contributed by atoms with E-state index in [2.05, 4.69) is 0 Å². The molecule has 7 heteroatoms. The Bertz CT molecular complexity index is 1820. The summed E-state index contributed by atoms with van der Waals surface area (Å²) in [7, 11) is -7.59. The molecule has 35 heavy (non-hydrogen) atoms. The zero-order valence-electron chi connectivity index (χ0n) is 18.9. The molecular weight excluding hydrogens is 497 g/mol. The topological polar surface area (TPSA) is 68.3 Å². The molecule has 0 radical (unpaired) electrons. The Morgan fingerprint density at radius 2 is 1.14 bits per heavy atom. The van der Waals surface area contributed by atoms with Crippen molar-refractivity contribution in [1.82, 2.24) is 0 Å². The van der Waals surface area contributed by atoms with E-state index in [-0.39, 0.29) is 19.6 Å². The average molecular weight is 517 g/mol. The Kier molecular flexibility index (Phi) is 4.84. The van der Waals surface area contributed by atoms with Gasteiger partial charge in [0, 0.05) is 37.6 Å². The lowest BCUT2D eigenvalue weighted by Crippen LogP contribution is -2.00. The van der Waals surface area contributed by atoms with Crippen LogP contribution in [0.3, 0.4) is 0 Å². The van der Waals surface area contributed by atoms with Gasteiger partial charge in [-0.15, -0.1) is 11.3 Å². The molecule has 1 aromatic heterocycles. The lowest BCUT2D eigenvalue weighted by molar-refractivity contribution is 0.602. The van der Waals surface area contributed by atoms with Crippen LogP contribution in [-0.4, -0.2) is 16.8 Å². The van der Waals surface area contributed by atoms with E-state index in [9.17, 15) is 16.8 Å². The summed E-state index contributed by atoms with van der Waals surface area (Å²) in [6.45, 7) is 3.48. The monoisotopic (exact) mass is 516 g/mol. The van der Waals surface area contributed by atoms with Crippen molar-refractivity contribution in [3.05, 3.63) is 111 Å². The fourth-order valence-electron chi connectivity index (χ4n) is 4.96. The molecule has 0 amide bonds. The van der Waals surface area contributed by atoms with Crippen molar-refractivity contribution < 1.29 is 16.8 Å². The highest BCUT2D eigenvalue weighted by atomic mass is 32.2. The van der Waals surface area contributed by atoms with Crippen molar-refractivity contribution in [2.24, 2.45) is 0 Å². The van der Waals surface area contributed by atoms with Crippen LogP contribution in [0.4, 0.5) is 0 Å². The van der Waals surface area contributed by atoms with Crippen LogP contribution in [0.5, 0.6) is 0 Å². The molecule has 0 saturated heterocycles. The molecule has 0 unspecified atom stereocenters. The second-order valence-corrected chi connectivity index (χ2v) is 13.8. The first-order valence-electron chi connectivity index (χ1n) is 11.0. The quantitative estimate of drug-likeness (QED) is 0.308. The smallest absolute Gasteiger partial charge is 0.208 e. The summed E-state index contributed by atoms with van der Waals surface area (Å²) >= 11 is 1.53. The van der Waals surface area contributed by atoms with Crippen molar-refractivity contribution in [2.45, 2.75) is 23.6 Å². The Hall–Kier alpha value is -3.26. The van der Waals surface area contributed by atoms with Crippen LogP contribution in [0.2, 0.25) is 0 Å². The van der Waals surface area contributed by atoms with Crippen molar-refractivity contribution in [2.75, 3.05) is 0 Å². The van der Waals surface area contributed by atoms with E-state index in [0.29, 0.717) is 27.8 Å². The summed E-state index contributed by atoms with van der Waals surface area (Å²) < 4.78 is 54.6. The minimum Gasteiger partial charge on any atom is -0.219 e. The van der Waals surface area contributed by atoms with Crippen LogP contribution >= 0.6 is 11.3 Å². The molecule has 0 fully saturated rings. The highest BCUT2D eigenvalue weighted by Crippen LogP contribution is 2.55. The normalized spacial score (nSPS) is 17.5. The number of allylic oxidation sites excluding steroid dienone is 3. The fraction of sp³-hybridized carbons (Fsp3) is 0.0714. The first-order chi connectivity index (χ1) is 16.7. The lowest BCUT2D eigenvalue weighted by atomic mass is 9.90. The maximum Gasteiger partial charge on any atom is 0.208 e. The molecule has 174 valence electrons. The standard InChI is InChI=1S/C28H20O4S3/c1-17-22(16-23(33-17)19-10-4-3-5-11-19)28-27(21-13-7-9-15-25(21)35(28,31)32)26-18(2)34(29,30)24-14-8-6-12-20(24)26/h3-16H,1-2H3. The maximum absolute atomic E-state index is 14.0. The molecule has 3 heterocycles. The molecule has 6 rings (SSSR count).